The molecule has 0 aliphatic carbocycles. The molecule has 0 saturated heterocycles. The summed E-state index contributed by atoms with van der Waals surface area (Å²) in [6, 6.07) is 8.02. The largest absolute Gasteiger partial charge is 0.415 e. The molecule has 11 heteroatoms. The highest BCUT2D eigenvalue weighted by atomic mass is 19.3. The van der Waals surface area contributed by atoms with Crippen LogP contribution in [0.5, 0.6) is 0 Å². The van der Waals surface area contributed by atoms with Crippen molar-refractivity contribution in [3.05, 3.63) is 65.7 Å². The number of hydrogen-bond acceptors (Lipinski definition) is 7. The number of halogens is 3. The molecule has 4 rings (SSSR count). The summed E-state index contributed by atoms with van der Waals surface area (Å²) >= 11 is 0. The van der Waals surface area contributed by atoms with Crippen LogP contribution in [0.2, 0.25) is 0 Å². The fourth-order valence-corrected chi connectivity index (χ4v) is 2.92. The van der Waals surface area contributed by atoms with Crippen LogP contribution in [0.1, 0.15) is 23.6 Å². The van der Waals surface area contributed by atoms with E-state index < -0.39 is 18.1 Å². The Morgan fingerprint density at radius 3 is 2.52 bits per heavy atom. The molecule has 0 atom stereocenters. The summed E-state index contributed by atoms with van der Waals surface area (Å²) in [6.45, 7) is 0.868. The summed E-state index contributed by atoms with van der Waals surface area (Å²) in [7, 11) is 3.94. The Balaban J connectivity index is 1.48. The number of benzene rings is 1. The van der Waals surface area contributed by atoms with Crippen LogP contribution in [0.3, 0.4) is 0 Å². The average molecular weight is 429 g/mol. The maximum atomic E-state index is 14.6. The van der Waals surface area contributed by atoms with Gasteiger partial charge in [0.15, 0.2) is 0 Å². The molecule has 0 saturated carbocycles. The highest BCUT2D eigenvalue weighted by molar-refractivity contribution is 5.56. The van der Waals surface area contributed by atoms with E-state index in [4.69, 9.17) is 4.42 Å². The summed E-state index contributed by atoms with van der Waals surface area (Å²) in [5.74, 6) is -1.53. The van der Waals surface area contributed by atoms with Crippen molar-refractivity contribution in [1.29, 1.82) is 0 Å². The monoisotopic (exact) mass is 429 g/mol. The normalized spacial score (nSPS) is 11.6. The lowest BCUT2D eigenvalue weighted by atomic mass is 10.1. The minimum atomic E-state index is -2.88. The van der Waals surface area contributed by atoms with E-state index in [0.717, 1.165) is 23.9 Å². The number of hydrogen-bond donors (Lipinski definition) is 0. The van der Waals surface area contributed by atoms with Gasteiger partial charge in [0, 0.05) is 29.4 Å². The Kier molecular flexibility index (Phi) is 5.76. The van der Waals surface area contributed by atoms with Gasteiger partial charge in [-0.1, -0.05) is 11.3 Å². The molecule has 0 amide bonds. The number of nitrogens with zero attached hydrogens (tertiary/aromatic N) is 7. The van der Waals surface area contributed by atoms with E-state index in [2.05, 4.69) is 25.5 Å². The van der Waals surface area contributed by atoms with E-state index in [1.165, 1.54) is 16.8 Å². The first-order valence-electron chi connectivity index (χ1n) is 9.29. The van der Waals surface area contributed by atoms with Crippen molar-refractivity contribution in [3.63, 3.8) is 0 Å². The van der Waals surface area contributed by atoms with Gasteiger partial charge in [0.25, 0.3) is 5.89 Å². The molecule has 0 N–H and O–H groups in total. The van der Waals surface area contributed by atoms with Gasteiger partial charge < -0.3 is 9.32 Å². The van der Waals surface area contributed by atoms with E-state index in [0.29, 0.717) is 11.3 Å². The van der Waals surface area contributed by atoms with Crippen molar-refractivity contribution in [3.8, 4) is 22.7 Å². The third-order valence-electron chi connectivity index (χ3n) is 4.40. The fourth-order valence-electron chi connectivity index (χ4n) is 2.92. The van der Waals surface area contributed by atoms with Crippen LogP contribution < -0.4 is 0 Å². The molecule has 0 fully saturated rings. The molecule has 0 unspecified atom stereocenters. The first-order valence-corrected chi connectivity index (χ1v) is 9.29. The smallest absolute Gasteiger partial charge is 0.314 e. The topological polar surface area (TPSA) is 85.8 Å². The molecule has 3 aromatic heterocycles. The lowest BCUT2D eigenvalue weighted by Gasteiger charge is -2.08. The lowest BCUT2D eigenvalue weighted by Crippen LogP contribution is -2.11. The maximum absolute atomic E-state index is 14.6. The predicted octanol–water partition coefficient (Wildman–Crippen LogP) is 3.58. The van der Waals surface area contributed by atoms with Crippen molar-refractivity contribution < 1.29 is 17.6 Å². The zero-order valence-corrected chi connectivity index (χ0v) is 16.7. The van der Waals surface area contributed by atoms with Crippen LogP contribution in [0.15, 0.2) is 47.1 Å². The second kappa shape index (κ2) is 8.64. The standard InChI is InChI=1S/C20H18F3N7O/c1-29(2)10-15-6-5-13(8-24-15)17-11-30(28-25-17)9-14-4-3-12(7-16(14)21)19-26-27-20(31-19)18(22)23/h3-8,11,18H,9-10H2,1-2H3. The second-order valence-electron chi connectivity index (χ2n) is 7.13. The van der Waals surface area contributed by atoms with Crippen molar-refractivity contribution in [2.75, 3.05) is 14.1 Å². The molecule has 3 heterocycles. The third-order valence-corrected chi connectivity index (χ3v) is 4.40. The third kappa shape index (κ3) is 4.77. The fraction of sp³-hybridized carbons (Fsp3) is 0.250. The average Bonchev–Trinajstić information content (AvgIpc) is 3.40. The van der Waals surface area contributed by atoms with Crippen LogP contribution in [-0.2, 0) is 13.1 Å². The number of aromatic nitrogens is 6. The van der Waals surface area contributed by atoms with Crippen molar-refractivity contribution in [1.82, 2.24) is 35.1 Å². The SMILES string of the molecule is CN(C)Cc1ccc(-c2cn(Cc3ccc(-c4nnc(C(F)F)o4)cc3F)nn2)cn1. The number of pyridine rings is 1. The van der Waals surface area contributed by atoms with Crippen molar-refractivity contribution in [2.45, 2.75) is 19.5 Å². The van der Waals surface area contributed by atoms with Gasteiger partial charge in [-0.15, -0.1) is 15.3 Å². The first-order chi connectivity index (χ1) is 14.9. The molecule has 4 aromatic rings. The summed E-state index contributed by atoms with van der Waals surface area (Å²) in [4.78, 5) is 6.43. The predicted molar refractivity (Wildman–Crippen MR) is 104 cm³/mol. The van der Waals surface area contributed by atoms with Gasteiger partial charge in [0.1, 0.15) is 11.5 Å². The van der Waals surface area contributed by atoms with Gasteiger partial charge in [-0.2, -0.15) is 8.78 Å². The molecule has 0 aliphatic rings. The Labute approximate surface area is 175 Å². The molecular formula is C20H18F3N7O. The van der Waals surface area contributed by atoms with Gasteiger partial charge >= 0.3 is 6.43 Å². The molecule has 0 radical (unpaired) electrons. The maximum Gasteiger partial charge on any atom is 0.314 e. The molecule has 0 bridgehead atoms. The van der Waals surface area contributed by atoms with E-state index >= 15 is 0 Å². The minimum absolute atomic E-state index is 0.136. The Morgan fingerprint density at radius 2 is 1.87 bits per heavy atom. The Hall–Kier alpha value is -3.60. The van der Waals surface area contributed by atoms with Crippen LogP contribution in [0, 0.1) is 5.82 Å². The molecule has 0 aliphatic heterocycles. The zero-order valence-electron chi connectivity index (χ0n) is 16.7. The summed E-state index contributed by atoms with van der Waals surface area (Å²) in [5, 5.41) is 14.9. The van der Waals surface area contributed by atoms with E-state index in [1.807, 2.05) is 31.1 Å². The van der Waals surface area contributed by atoms with Gasteiger partial charge in [-0.3, -0.25) is 4.98 Å². The molecule has 0 spiro atoms. The lowest BCUT2D eigenvalue weighted by molar-refractivity contribution is 0.116. The molecule has 1 aromatic carbocycles. The summed E-state index contributed by atoms with van der Waals surface area (Å²) < 4.78 is 46.1. The highest BCUT2D eigenvalue weighted by Crippen LogP contribution is 2.25. The van der Waals surface area contributed by atoms with Crippen LogP contribution in [0.4, 0.5) is 13.2 Å². The highest BCUT2D eigenvalue weighted by Gasteiger charge is 2.18. The van der Waals surface area contributed by atoms with Crippen LogP contribution in [0.25, 0.3) is 22.7 Å². The second-order valence-corrected chi connectivity index (χ2v) is 7.13. The van der Waals surface area contributed by atoms with E-state index in [-0.39, 0.29) is 18.0 Å². The zero-order chi connectivity index (χ0) is 22.0. The summed E-state index contributed by atoms with van der Waals surface area (Å²) in [5.41, 5.74) is 2.91. The molecule has 160 valence electrons. The molecule has 8 nitrogen and oxygen atoms in total. The van der Waals surface area contributed by atoms with Crippen molar-refractivity contribution in [2.24, 2.45) is 0 Å². The first kappa shape index (κ1) is 20.7. The van der Waals surface area contributed by atoms with Crippen LogP contribution >= 0.6 is 0 Å². The number of rotatable bonds is 7. The number of alkyl halides is 2. The van der Waals surface area contributed by atoms with E-state index in [9.17, 15) is 13.2 Å². The summed E-state index contributed by atoms with van der Waals surface area (Å²) in [6.07, 6.45) is 0.537. The molecule has 31 heavy (non-hydrogen) atoms. The quantitative estimate of drug-likeness (QED) is 0.444. The van der Waals surface area contributed by atoms with Gasteiger partial charge in [-0.25, -0.2) is 9.07 Å². The van der Waals surface area contributed by atoms with Gasteiger partial charge in [0.05, 0.1) is 18.4 Å². The van der Waals surface area contributed by atoms with Gasteiger partial charge in [-0.05, 0) is 38.4 Å². The Bertz CT molecular complexity index is 1170. The van der Waals surface area contributed by atoms with Crippen molar-refractivity contribution >= 4 is 0 Å². The van der Waals surface area contributed by atoms with E-state index in [1.54, 1.807) is 12.4 Å². The minimum Gasteiger partial charge on any atom is -0.415 e. The van der Waals surface area contributed by atoms with Gasteiger partial charge in [0.2, 0.25) is 5.89 Å². The Morgan fingerprint density at radius 1 is 1.06 bits per heavy atom. The van der Waals surface area contributed by atoms with Crippen LogP contribution in [-0.4, -0.2) is 49.2 Å². The molecular weight excluding hydrogens is 411 g/mol.